The van der Waals surface area contributed by atoms with Crippen LogP contribution < -0.4 is 10.6 Å². The fourth-order valence-electron chi connectivity index (χ4n) is 0.821. The first-order valence-corrected chi connectivity index (χ1v) is 3.54. The minimum Gasteiger partial charge on any atom is -0.359 e. The molecule has 0 saturated heterocycles. The summed E-state index contributed by atoms with van der Waals surface area (Å²) in [6, 6.07) is 0. The summed E-state index contributed by atoms with van der Waals surface area (Å²) < 4.78 is 0. The van der Waals surface area contributed by atoms with Crippen LogP contribution in [0.3, 0.4) is 0 Å². The highest BCUT2D eigenvalue weighted by atomic mass is 16.1. The Bertz CT molecular complexity index is 156. The largest absolute Gasteiger partial charge is 0.359 e. The van der Waals surface area contributed by atoms with Gasteiger partial charge in [0.25, 0.3) is 0 Å². The van der Waals surface area contributed by atoms with Gasteiger partial charge in [-0.3, -0.25) is 4.79 Å². The molecule has 0 bridgehead atoms. The van der Waals surface area contributed by atoms with E-state index < -0.39 is 0 Å². The van der Waals surface area contributed by atoms with Gasteiger partial charge in [-0.25, -0.2) is 0 Å². The second-order valence-electron chi connectivity index (χ2n) is 2.41. The van der Waals surface area contributed by atoms with Crippen LogP contribution in [0.5, 0.6) is 0 Å². The predicted molar refractivity (Wildman–Crippen MR) is 44.9 cm³/mol. The Hall–Kier alpha value is -0.900. The Morgan fingerprint density at radius 2 is 2.09 bits per heavy atom. The zero-order valence-electron chi connectivity index (χ0n) is 7.19. The third kappa shape index (κ3) is 3.13. The molecule has 0 saturated carbocycles. The molecule has 4 nitrogen and oxygen atoms in total. The second kappa shape index (κ2) is 4.85. The van der Waals surface area contributed by atoms with Crippen LogP contribution >= 0.6 is 0 Å². The molecule has 0 aliphatic heterocycles. The van der Waals surface area contributed by atoms with E-state index in [1.807, 2.05) is 0 Å². The Balaban J connectivity index is 4.09. The van der Waals surface area contributed by atoms with Crippen molar-refractivity contribution in [1.82, 2.24) is 10.6 Å². The molecule has 0 heterocycles. The van der Waals surface area contributed by atoms with E-state index in [1.54, 1.807) is 21.0 Å². The minimum absolute atomic E-state index is 0.105. The highest BCUT2D eigenvalue weighted by Gasteiger charge is 2.17. The fraction of sp³-hybridized carbons (Fsp3) is 0.714. The lowest BCUT2D eigenvalue weighted by atomic mass is 10.0. The van der Waals surface area contributed by atoms with Crippen LogP contribution in [0.1, 0.15) is 6.92 Å². The third-order valence-corrected chi connectivity index (χ3v) is 1.49. The number of rotatable bonds is 4. The highest BCUT2D eigenvalue weighted by Crippen LogP contribution is 1.96. The molecule has 0 spiro atoms. The number of carbonyl (C=O) groups excluding carboxylic acids is 1. The van der Waals surface area contributed by atoms with E-state index in [9.17, 15) is 4.79 Å². The Labute approximate surface area is 66.9 Å². The van der Waals surface area contributed by atoms with Crippen LogP contribution in [0, 0.1) is 11.3 Å². The minimum atomic E-state index is -0.329. The first-order chi connectivity index (χ1) is 5.13. The summed E-state index contributed by atoms with van der Waals surface area (Å²) in [7, 11) is 3.34. The summed E-state index contributed by atoms with van der Waals surface area (Å²) in [6.45, 7) is 2.16. The van der Waals surface area contributed by atoms with Gasteiger partial charge < -0.3 is 16.0 Å². The van der Waals surface area contributed by atoms with Crippen molar-refractivity contribution in [2.24, 2.45) is 5.92 Å². The summed E-state index contributed by atoms with van der Waals surface area (Å²) in [5.74, 6) is -0.433. The topological polar surface area (TPSA) is 65.0 Å². The van der Waals surface area contributed by atoms with E-state index in [0.29, 0.717) is 12.3 Å². The van der Waals surface area contributed by atoms with Crippen molar-refractivity contribution in [3.63, 3.8) is 0 Å². The summed E-state index contributed by atoms with van der Waals surface area (Å²) in [4.78, 5) is 11.1. The van der Waals surface area contributed by atoms with E-state index in [4.69, 9.17) is 5.41 Å². The second-order valence-corrected chi connectivity index (χ2v) is 2.41. The molecule has 0 aromatic carbocycles. The lowest BCUT2D eigenvalue weighted by Gasteiger charge is -2.12. The van der Waals surface area contributed by atoms with Gasteiger partial charge in [-0.05, 0) is 14.0 Å². The number of amides is 1. The number of nitrogens with one attached hydrogen (secondary N) is 3. The van der Waals surface area contributed by atoms with Gasteiger partial charge in [-0.2, -0.15) is 0 Å². The molecule has 0 aromatic rings. The van der Waals surface area contributed by atoms with Crippen molar-refractivity contribution >= 4 is 11.6 Å². The smallest absolute Gasteiger partial charge is 0.229 e. The zero-order chi connectivity index (χ0) is 8.85. The van der Waals surface area contributed by atoms with Gasteiger partial charge >= 0.3 is 0 Å². The molecular formula is C7H15N3O. The molecule has 4 heteroatoms. The van der Waals surface area contributed by atoms with Gasteiger partial charge in [0.2, 0.25) is 5.91 Å². The highest BCUT2D eigenvalue weighted by molar-refractivity contribution is 6.01. The van der Waals surface area contributed by atoms with Gasteiger partial charge in [0.15, 0.2) is 0 Å². The van der Waals surface area contributed by atoms with Crippen LogP contribution in [-0.4, -0.2) is 32.3 Å². The molecule has 1 amide bonds. The van der Waals surface area contributed by atoms with Crippen molar-refractivity contribution in [3.8, 4) is 0 Å². The van der Waals surface area contributed by atoms with Crippen LogP contribution in [0.25, 0.3) is 0 Å². The predicted octanol–water partition coefficient (Wildman–Crippen LogP) is -0.392. The van der Waals surface area contributed by atoms with Gasteiger partial charge in [0.1, 0.15) is 0 Å². The number of hydrogen-bond donors (Lipinski definition) is 3. The van der Waals surface area contributed by atoms with Gasteiger partial charge in [0.05, 0.1) is 5.92 Å². The Morgan fingerprint density at radius 1 is 1.55 bits per heavy atom. The van der Waals surface area contributed by atoms with Crippen LogP contribution in [0.4, 0.5) is 0 Å². The molecule has 0 rings (SSSR count). The number of carbonyl (C=O) groups is 1. The summed E-state index contributed by atoms with van der Waals surface area (Å²) in [5.41, 5.74) is 0.388. The summed E-state index contributed by atoms with van der Waals surface area (Å²) in [6.07, 6.45) is 0. The molecule has 64 valence electrons. The third-order valence-electron chi connectivity index (χ3n) is 1.49. The molecule has 0 aliphatic rings. The van der Waals surface area contributed by atoms with Crippen molar-refractivity contribution in [1.29, 1.82) is 5.41 Å². The van der Waals surface area contributed by atoms with Gasteiger partial charge in [0, 0.05) is 19.3 Å². The fourth-order valence-corrected chi connectivity index (χ4v) is 0.821. The van der Waals surface area contributed by atoms with Gasteiger partial charge in [-0.1, -0.05) is 0 Å². The van der Waals surface area contributed by atoms with Crippen LogP contribution in [0.15, 0.2) is 0 Å². The molecule has 1 unspecified atom stereocenters. The van der Waals surface area contributed by atoms with Crippen LogP contribution in [0.2, 0.25) is 0 Å². The van der Waals surface area contributed by atoms with E-state index in [1.165, 1.54) is 0 Å². The maximum absolute atomic E-state index is 11.1. The monoisotopic (exact) mass is 157 g/mol. The lowest BCUT2D eigenvalue weighted by Crippen LogP contribution is -2.37. The first-order valence-electron chi connectivity index (χ1n) is 3.54. The molecule has 0 radical (unpaired) electrons. The van der Waals surface area contributed by atoms with Crippen molar-refractivity contribution in [3.05, 3.63) is 0 Å². The molecular weight excluding hydrogens is 142 g/mol. The Morgan fingerprint density at radius 3 is 2.36 bits per heavy atom. The van der Waals surface area contributed by atoms with E-state index in [2.05, 4.69) is 10.6 Å². The standard InChI is InChI=1S/C7H15N3O/c1-5(8)6(4-9-2)7(11)10-3/h6,8-9H,4H2,1-3H3,(H,10,11). The zero-order valence-corrected chi connectivity index (χ0v) is 7.19. The molecule has 0 aliphatic carbocycles. The maximum Gasteiger partial charge on any atom is 0.229 e. The summed E-state index contributed by atoms with van der Waals surface area (Å²) >= 11 is 0. The van der Waals surface area contributed by atoms with E-state index in [-0.39, 0.29) is 11.8 Å². The average molecular weight is 157 g/mol. The molecule has 0 fully saturated rings. The van der Waals surface area contributed by atoms with Crippen molar-refractivity contribution < 1.29 is 4.79 Å². The lowest BCUT2D eigenvalue weighted by molar-refractivity contribution is -0.122. The van der Waals surface area contributed by atoms with Gasteiger partial charge in [-0.15, -0.1) is 0 Å². The number of hydrogen-bond acceptors (Lipinski definition) is 3. The molecule has 0 aromatic heterocycles. The normalized spacial score (nSPS) is 12.3. The average Bonchev–Trinajstić information content (AvgIpc) is 1.98. The molecule has 11 heavy (non-hydrogen) atoms. The van der Waals surface area contributed by atoms with Crippen molar-refractivity contribution in [2.45, 2.75) is 6.92 Å². The van der Waals surface area contributed by atoms with Crippen molar-refractivity contribution in [2.75, 3.05) is 20.6 Å². The Kier molecular flexibility index (Phi) is 4.45. The summed E-state index contributed by atoms with van der Waals surface area (Å²) in [5, 5.41) is 12.7. The molecule has 3 N–H and O–H groups in total. The van der Waals surface area contributed by atoms with E-state index in [0.717, 1.165) is 0 Å². The SMILES string of the molecule is CNCC(C(C)=N)C(=O)NC. The first kappa shape index (κ1) is 10.1. The quantitative estimate of drug-likeness (QED) is 0.486. The van der Waals surface area contributed by atoms with E-state index >= 15 is 0 Å². The molecule has 1 atom stereocenters. The van der Waals surface area contributed by atoms with Crippen LogP contribution in [-0.2, 0) is 4.79 Å². The maximum atomic E-state index is 11.1.